The van der Waals surface area contributed by atoms with Gasteiger partial charge in [0.05, 0.1) is 13.2 Å². The van der Waals surface area contributed by atoms with Gasteiger partial charge in [0.2, 0.25) is 0 Å². The Kier molecular flexibility index (Phi) is 9.05. The minimum absolute atomic E-state index is 0.0912. The smallest absolute Gasteiger partial charge is 0.114 e. The molecule has 0 aliphatic carbocycles. The molecule has 3 N–H and O–H groups in total. The molecule has 0 saturated carbocycles. The number of unbranched alkanes of at least 4 members (excludes halogenated alkanes) is 3. The van der Waals surface area contributed by atoms with Gasteiger partial charge in [-0.1, -0.05) is 25.5 Å². The predicted molar refractivity (Wildman–Crippen MR) is 76.5 cm³/mol. The van der Waals surface area contributed by atoms with Gasteiger partial charge in [0.25, 0.3) is 0 Å². The van der Waals surface area contributed by atoms with Crippen LogP contribution >= 0.6 is 0 Å². The zero-order valence-corrected chi connectivity index (χ0v) is 12.3. The van der Waals surface area contributed by atoms with E-state index in [1.54, 1.807) is 0 Å². The molecule has 0 spiro atoms. The van der Waals surface area contributed by atoms with Gasteiger partial charge in [-0.3, -0.25) is 0 Å². The van der Waals surface area contributed by atoms with Crippen LogP contribution in [0.2, 0.25) is 0 Å². The van der Waals surface area contributed by atoms with Crippen molar-refractivity contribution in [3.8, 4) is 0 Å². The van der Waals surface area contributed by atoms with Gasteiger partial charge in [0.15, 0.2) is 0 Å². The molecule has 0 aromatic carbocycles. The maximum atomic E-state index is 9.71. The van der Waals surface area contributed by atoms with Gasteiger partial charge in [0.1, 0.15) is 24.4 Å². The van der Waals surface area contributed by atoms with Crippen LogP contribution in [-0.2, 0) is 9.47 Å². The van der Waals surface area contributed by atoms with Crippen LogP contribution in [-0.4, -0.2) is 59.6 Å². The quantitative estimate of drug-likeness (QED) is 0.413. The summed E-state index contributed by atoms with van der Waals surface area (Å²) in [6.07, 6.45) is 6.58. The van der Waals surface area contributed by atoms with Crippen molar-refractivity contribution >= 4 is 0 Å². The van der Waals surface area contributed by atoms with Gasteiger partial charge in [-0.25, -0.2) is 0 Å². The molecule has 0 aromatic rings. The fraction of sp³-hybridized carbons (Fsp3) is 0.867. The third-order valence-electron chi connectivity index (χ3n) is 3.46. The number of allylic oxidation sites excluding steroid dienone is 2. The molecule has 1 rings (SSSR count). The molecule has 5 nitrogen and oxygen atoms in total. The van der Waals surface area contributed by atoms with Crippen LogP contribution in [0.1, 0.15) is 39.0 Å². The van der Waals surface area contributed by atoms with Crippen molar-refractivity contribution in [2.24, 2.45) is 0 Å². The molecule has 118 valence electrons. The van der Waals surface area contributed by atoms with E-state index in [9.17, 15) is 15.3 Å². The fourth-order valence-electron chi connectivity index (χ4n) is 2.21. The summed E-state index contributed by atoms with van der Waals surface area (Å²) in [6.45, 7) is 2.55. The summed E-state index contributed by atoms with van der Waals surface area (Å²) < 4.78 is 10.8. The van der Waals surface area contributed by atoms with E-state index in [0.717, 1.165) is 25.7 Å². The summed E-state index contributed by atoms with van der Waals surface area (Å²) in [6, 6.07) is 0. The van der Waals surface area contributed by atoms with Crippen LogP contribution in [0, 0.1) is 0 Å². The summed E-state index contributed by atoms with van der Waals surface area (Å²) in [4.78, 5) is 0. The van der Waals surface area contributed by atoms with E-state index in [0.29, 0.717) is 6.61 Å². The Morgan fingerprint density at radius 3 is 2.60 bits per heavy atom. The molecule has 1 aliphatic rings. The van der Waals surface area contributed by atoms with Crippen molar-refractivity contribution in [2.75, 3.05) is 19.8 Å². The molecule has 20 heavy (non-hydrogen) atoms. The molecular formula is C15H28O5. The lowest BCUT2D eigenvalue weighted by Crippen LogP contribution is -2.42. The highest BCUT2D eigenvalue weighted by Crippen LogP contribution is 2.19. The van der Waals surface area contributed by atoms with E-state index in [1.807, 2.05) is 0 Å². The maximum Gasteiger partial charge on any atom is 0.114 e. The first-order valence-corrected chi connectivity index (χ1v) is 7.55. The van der Waals surface area contributed by atoms with E-state index in [4.69, 9.17) is 9.47 Å². The zero-order valence-electron chi connectivity index (χ0n) is 12.3. The average molecular weight is 288 g/mol. The molecule has 1 heterocycles. The molecule has 4 atom stereocenters. The number of rotatable bonds is 10. The highest BCUT2D eigenvalue weighted by molar-refractivity contribution is 4.88. The molecule has 0 amide bonds. The first-order valence-electron chi connectivity index (χ1n) is 7.55. The standard InChI is InChI=1S/C15H28O5/c1-2-3-4-5-6-7-8-9-19-13(10-16)15-14(18)12(17)11-20-15/h4-5,12-18H,2-3,6-11H2,1H3/b5-4+/t12-,13+,14-,15-/m0/s1. The predicted octanol–water partition coefficient (Wildman–Crippen LogP) is 1.01. The van der Waals surface area contributed by atoms with E-state index in [2.05, 4.69) is 19.1 Å². The van der Waals surface area contributed by atoms with Crippen LogP contribution in [0.25, 0.3) is 0 Å². The highest BCUT2D eigenvalue weighted by atomic mass is 16.6. The fourth-order valence-corrected chi connectivity index (χ4v) is 2.21. The minimum atomic E-state index is -0.982. The van der Waals surface area contributed by atoms with E-state index in [-0.39, 0.29) is 13.2 Å². The third-order valence-corrected chi connectivity index (χ3v) is 3.46. The molecule has 1 saturated heterocycles. The van der Waals surface area contributed by atoms with Crippen molar-refractivity contribution < 1.29 is 24.8 Å². The Balaban J connectivity index is 2.13. The number of aliphatic hydroxyl groups is 3. The monoisotopic (exact) mass is 288 g/mol. The van der Waals surface area contributed by atoms with Gasteiger partial charge in [0, 0.05) is 6.61 Å². The zero-order chi connectivity index (χ0) is 14.8. The van der Waals surface area contributed by atoms with Crippen molar-refractivity contribution in [1.29, 1.82) is 0 Å². The lowest BCUT2D eigenvalue weighted by atomic mass is 10.1. The third kappa shape index (κ3) is 5.89. The SMILES string of the molecule is CCC/C=C/CCCCO[C@H](CO)[C@@H]1OC[C@H](O)[C@@H]1O. The van der Waals surface area contributed by atoms with Crippen molar-refractivity contribution in [1.82, 2.24) is 0 Å². The number of hydrogen-bond acceptors (Lipinski definition) is 5. The molecule has 1 fully saturated rings. The summed E-state index contributed by atoms with van der Waals surface area (Å²) in [5.74, 6) is 0. The van der Waals surface area contributed by atoms with Crippen LogP contribution in [0.3, 0.4) is 0 Å². The van der Waals surface area contributed by atoms with E-state index < -0.39 is 24.4 Å². The van der Waals surface area contributed by atoms with Crippen molar-refractivity contribution in [2.45, 2.75) is 63.4 Å². The second-order valence-corrected chi connectivity index (χ2v) is 5.20. The number of aliphatic hydroxyl groups excluding tert-OH is 3. The topological polar surface area (TPSA) is 79.2 Å². The average Bonchev–Trinajstić information content (AvgIpc) is 2.78. The van der Waals surface area contributed by atoms with Gasteiger partial charge in [-0.2, -0.15) is 0 Å². The van der Waals surface area contributed by atoms with Crippen LogP contribution in [0.5, 0.6) is 0 Å². The van der Waals surface area contributed by atoms with Crippen LogP contribution < -0.4 is 0 Å². The minimum Gasteiger partial charge on any atom is -0.394 e. The normalized spacial score (nSPS) is 28.3. The largest absolute Gasteiger partial charge is 0.394 e. The summed E-state index contributed by atoms with van der Waals surface area (Å²) >= 11 is 0. The summed E-state index contributed by atoms with van der Waals surface area (Å²) in [5, 5.41) is 28.4. The maximum absolute atomic E-state index is 9.71. The number of ether oxygens (including phenoxy) is 2. The van der Waals surface area contributed by atoms with Crippen molar-refractivity contribution in [3.63, 3.8) is 0 Å². The highest BCUT2D eigenvalue weighted by Gasteiger charge is 2.40. The Labute approximate surface area is 121 Å². The Bertz CT molecular complexity index is 269. The molecule has 1 aliphatic heterocycles. The van der Waals surface area contributed by atoms with Crippen LogP contribution in [0.15, 0.2) is 12.2 Å². The van der Waals surface area contributed by atoms with Crippen LogP contribution in [0.4, 0.5) is 0 Å². The molecule has 5 heteroatoms. The van der Waals surface area contributed by atoms with E-state index >= 15 is 0 Å². The molecule has 0 unspecified atom stereocenters. The van der Waals surface area contributed by atoms with E-state index in [1.165, 1.54) is 6.42 Å². The second kappa shape index (κ2) is 10.3. The van der Waals surface area contributed by atoms with Gasteiger partial charge >= 0.3 is 0 Å². The lowest BCUT2D eigenvalue weighted by molar-refractivity contribution is -0.101. The first kappa shape index (κ1) is 17.6. The summed E-state index contributed by atoms with van der Waals surface area (Å²) in [5.41, 5.74) is 0. The van der Waals surface area contributed by atoms with Crippen molar-refractivity contribution in [3.05, 3.63) is 12.2 Å². The van der Waals surface area contributed by atoms with Gasteiger partial charge in [-0.05, 0) is 25.7 Å². The summed E-state index contributed by atoms with van der Waals surface area (Å²) in [7, 11) is 0. The van der Waals surface area contributed by atoms with Gasteiger partial charge < -0.3 is 24.8 Å². The Morgan fingerprint density at radius 1 is 1.25 bits per heavy atom. The molecule has 0 aromatic heterocycles. The molecule has 0 radical (unpaired) electrons. The molecular weight excluding hydrogens is 260 g/mol. The Hall–Kier alpha value is -0.460. The lowest BCUT2D eigenvalue weighted by Gasteiger charge is -2.24. The molecule has 0 bridgehead atoms. The Morgan fingerprint density at radius 2 is 2.00 bits per heavy atom. The van der Waals surface area contributed by atoms with Gasteiger partial charge in [-0.15, -0.1) is 0 Å². The second-order valence-electron chi connectivity index (χ2n) is 5.20. The number of hydrogen-bond donors (Lipinski definition) is 3. The first-order chi connectivity index (χ1) is 9.70.